The molecule has 0 atom stereocenters. The lowest BCUT2D eigenvalue weighted by atomic mass is 10.2. The number of carbonyl (C=O) groups excluding carboxylic acids is 1. The van der Waals surface area contributed by atoms with E-state index in [1.54, 1.807) is 31.2 Å². The van der Waals surface area contributed by atoms with Crippen LogP contribution in [0.15, 0.2) is 53.0 Å². The molecule has 2 aromatic carbocycles. The van der Waals surface area contributed by atoms with Gasteiger partial charge in [-0.1, -0.05) is 19.1 Å². The van der Waals surface area contributed by atoms with E-state index in [-0.39, 0.29) is 0 Å². The van der Waals surface area contributed by atoms with Gasteiger partial charge in [0.25, 0.3) is 0 Å². The SMILES string of the molecule is CCCOc1ccc(/C=C/C(=O)Oc2ccc3oc(C)nc3c2)cc1. The summed E-state index contributed by atoms with van der Waals surface area (Å²) < 4.78 is 16.2. The Morgan fingerprint density at radius 3 is 2.68 bits per heavy atom. The zero-order chi connectivity index (χ0) is 17.6. The lowest BCUT2D eigenvalue weighted by Gasteiger charge is -2.04. The van der Waals surface area contributed by atoms with Gasteiger partial charge in [-0.3, -0.25) is 0 Å². The summed E-state index contributed by atoms with van der Waals surface area (Å²) in [5.41, 5.74) is 2.22. The number of nitrogens with zero attached hydrogens (tertiary/aromatic N) is 1. The van der Waals surface area contributed by atoms with Crippen molar-refractivity contribution in [3.63, 3.8) is 0 Å². The molecule has 0 bridgehead atoms. The largest absolute Gasteiger partial charge is 0.494 e. The summed E-state index contributed by atoms with van der Waals surface area (Å²) in [6, 6.07) is 12.6. The van der Waals surface area contributed by atoms with E-state index >= 15 is 0 Å². The second-order valence-electron chi connectivity index (χ2n) is 5.53. The molecule has 0 aliphatic heterocycles. The minimum Gasteiger partial charge on any atom is -0.494 e. The predicted molar refractivity (Wildman–Crippen MR) is 95.6 cm³/mol. The van der Waals surface area contributed by atoms with Crippen LogP contribution in [0.5, 0.6) is 11.5 Å². The first kappa shape index (κ1) is 16.8. The molecule has 0 saturated carbocycles. The number of oxazole rings is 1. The molecule has 0 unspecified atom stereocenters. The zero-order valence-electron chi connectivity index (χ0n) is 14.2. The van der Waals surface area contributed by atoms with Crippen LogP contribution in [0.3, 0.4) is 0 Å². The lowest BCUT2D eigenvalue weighted by molar-refractivity contribution is -0.128. The first-order valence-electron chi connectivity index (χ1n) is 8.14. The van der Waals surface area contributed by atoms with Gasteiger partial charge < -0.3 is 13.9 Å². The van der Waals surface area contributed by atoms with Crippen molar-refractivity contribution in [3.05, 3.63) is 60.0 Å². The van der Waals surface area contributed by atoms with E-state index in [0.29, 0.717) is 29.3 Å². The van der Waals surface area contributed by atoms with Crippen molar-refractivity contribution < 1.29 is 18.7 Å². The van der Waals surface area contributed by atoms with E-state index in [1.165, 1.54) is 6.08 Å². The van der Waals surface area contributed by atoms with Gasteiger partial charge in [0, 0.05) is 19.1 Å². The van der Waals surface area contributed by atoms with Crippen molar-refractivity contribution in [1.82, 2.24) is 4.98 Å². The summed E-state index contributed by atoms with van der Waals surface area (Å²) in [5.74, 6) is 1.37. The fraction of sp³-hybridized carbons (Fsp3) is 0.200. The number of aromatic nitrogens is 1. The molecular formula is C20H19NO4. The Hall–Kier alpha value is -3.08. The van der Waals surface area contributed by atoms with Crippen LogP contribution in [-0.2, 0) is 4.79 Å². The van der Waals surface area contributed by atoms with Crippen molar-refractivity contribution >= 4 is 23.1 Å². The van der Waals surface area contributed by atoms with Crippen LogP contribution >= 0.6 is 0 Å². The van der Waals surface area contributed by atoms with E-state index in [2.05, 4.69) is 11.9 Å². The lowest BCUT2D eigenvalue weighted by Crippen LogP contribution is -2.03. The summed E-state index contributed by atoms with van der Waals surface area (Å²) in [4.78, 5) is 16.2. The molecule has 0 radical (unpaired) electrons. The van der Waals surface area contributed by atoms with Gasteiger partial charge in [-0.05, 0) is 42.3 Å². The highest BCUT2D eigenvalue weighted by Gasteiger charge is 2.06. The summed E-state index contributed by atoms with van der Waals surface area (Å²) >= 11 is 0. The molecule has 1 heterocycles. The first-order chi connectivity index (χ1) is 12.1. The summed E-state index contributed by atoms with van der Waals surface area (Å²) in [5, 5.41) is 0. The molecule has 0 aliphatic rings. The van der Waals surface area contributed by atoms with Gasteiger partial charge in [0.2, 0.25) is 0 Å². The second kappa shape index (κ2) is 7.66. The number of ether oxygens (including phenoxy) is 2. The number of rotatable bonds is 6. The Kier molecular flexibility index (Phi) is 5.14. The van der Waals surface area contributed by atoms with Crippen molar-refractivity contribution in [2.24, 2.45) is 0 Å². The maximum absolute atomic E-state index is 12.0. The molecule has 0 fully saturated rings. The summed E-state index contributed by atoms with van der Waals surface area (Å²) in [7, 11) is 0. The molecular weight excluding hydrogens is 318 g/mol. The average molecular weight is 337 g/mol. The predicted octanol–water partition coefficient (Wildman–Crippen LogP) is 4.54. The van der Waals surface area contributed by atoms with Crippen LogP contribution in [0.2, 0.25) is 0 Å². The van der Waals surface area contributed by atoms with Crippen LogP contribution in [0.25, 0.3) is 17.2 Å². The Balaban J connectivity index is 1.61. The third-order valence-electron chi connectivity index (χ3n) is 3.45. The van der Waals surface area contributed by atoms with Crippen molar-refractivity contribution in [3.8, 4) is 11.5 Å². The first-order valence-corrected chi connectivity index (χ1v) is 8.14. The van der Waals surface area contributed by atoms with Gasteiger partial charge in [-0.2, -0.15) is 0 Å². The Morgan fingerprint density at radius 1 is 1.16 bits per heavy atom. The Labute approximate surface area is 145 Å². The van der Waals surface area contributed by atoms with Crippen LogP contribution in [0, 0.1) is 6.92 Å². The highest BCUT2D eigenvalue weighted by Crippen LogP contribution is 2.21. The highest BCUT2D eigenvalue weighted by molar-refractivity contribution is 5.89. The van der Waals surface area contributed by atoms with Crippen LogP contribution in [0.1, 0.15) is 24.8 Å². The van der Waals surface area contributed by atoms with E-state index in [9.17, 15) is 4.79 Å². The van der Waals surface area contributed by atoms with Crippen LogP contribution < -0.4 is 9.47 Å². The molecule has 5 nitrogen and oxygen atoms in total. The second-order valence-corrected chi connectivity index (χ2v) is 5.53. The molecule has 0 saturated heterocycles. The van der Waals surface area contributed by atoms with Gasteiger partial charge in [-0.25, -0.2) is 9.78 Å². The zero-order valence-corrected chi connectivity index (χ0v) is 14.2. The highest BCUT2D eigenvalue weighted by atomic mass is 16.5. The van der Waals surface area contributed by atoms with Gasteiger partial charge >= 0.3 is 5.97 Å². The smallest absolute Gasteiger partial charge is 0.336 e. The van der Waals surface area contributed by atoms with Crippen LogP contribution in [0.4, 0.5) is 0 Å². The number of esters is 1. The van der Waals surface area contributed by atoms with Gasteiger partial charge in [0.1, 0.15) is 17.0 Å². The van der Waals surface area contributed by atoms with E-state index in [4.69, 9.17) is 13.9 Å². The average Bonchev–Trinajstić information content (AvgIpc) is 2.98. The minimum atomic E-state index is -0.453. The standard InChI is InChI=1S/C20H19NO4/c1-3-12-23-16-7-4-15(5-8-16)6-11-20(22)25-17-9-10-19-18(13-17)21-14(2)24-19/h4-11,13H,3,12H2,1-2H3/b11-6+. The van der Waals surface area contributed by atoms with Crippen molar-refractivity contribution in [2.45, 2.75) is 20.3 Å². The van der Waals surface area contributed by atoms with Crippen molar-refractivity contribution in [2.75, 3.05) is 6.61 Å². The number of fused-ring (bicyclic) bond motifs is 1. The van der Waals surface area contributed by atoms with Crippen molar-refractivity contribution in [1.29, 1.82) is 0 Å². The number of carbonyl (C=O) groups is 1. The maximum Gasteiger partial charge on any atom is 0.336 e. The van der Waals surface area contributed by atoms with Crippen LogP contribution in [-0.4, -0.2) is 17.6 Å². The number of benzene rings is 2. The quantitative estimate of drug-likeness (QED) is 0.375. The molecule has 3 rings (SSSR count). The number of hydrogen-bond acceptors (Lipinski definition) is 5. The topological polar surface area (TPSA) is 61.6 Å². The number of aryl methyl sites for hydroxylation is 1. The molecule has 1 aromatic heterocycles. The summed E-state index contributed by atoms with van der Waals surface area (Å²) in [6.45, 7) is 4.52. The molecule has 25 heavy (non-hydrogen) atoms. The third kappa shape index (κ3) is 4.47. The molecule has 0 amide bonds. The molecule has 0 spiro atoms. The Bertz CT molecular complexity index is 894. The maximum atomic E-state index is 12.0. The molecule has 3 aromatic rings. The Morgan fingerprint density at radius 2 is 1.92 bits per heavy atom. The molecule has 5 heteroatoms. The third-order valence-corrected chi connectivity index (χ3v) is 3.45. The van der Waals surface area contributed by atoms with Gasteiger partial charge in [0.05, 0.1) is 6.61 Å². The van der Waals surface area contributed by atoms with E-state index < -0.39 is 5.97 Å². The molecule has 0 aliphatic carbocycles. The normalized spacial score (nSPS) is 11.1. The summed E-state index contributed by atoms with van der Waals surface area (Å²) in [6.07, 6.45) is 4.05. The van der Waals surface area contributed by atoms with E-state index in [0.717, 1.165) is 17.7 Å². The monoisotopic (exact) mass is 337 g/mol. The minimum absolute atomic E-state index is 0.429. The fourth-order valence-electron chi connectivity index (χ4n) is 2.30. The number of hydrogen-bond donors (Lipinski definition) is 0. The fourth-order valence-corrected chi connectivity index (χ4v) is 2.30. The van der Waals surface area contributed by atoms with E-state index in [1.807, 2.05) is 24.3 Å². The molecule has 128 valence electrons. The molecule has 0 N–H and O–H groups in total. The van der Waals surface area contributed by atoms with Gasteiger partial charge in [-0.15, -0.1) is 0 Å². The van der Waals surface area contributed by atoms with Gasteiger partial charge in [0.15, 0.2) is 11.5 Å².